The van der Waals surface area contributed by atoms with Crippen molar-refractivity contribution in [3.8, 4) is 0 Å². The summed E-state index contributed by atoms with van der Waals surface area (Å²) >= 11 is 3.44. The van der Waals surface area contributed by atoms with Gasteiger partial charge >= 0.3 is 5.97 Å². The Hall–Kier alpha value is 0.390. The van der Waals surface area contributed by atoms with Crippen LogP contribution in [0, 0.1) is 0 Å². The van der Waals surface area contributed by atoms with Gasteiger partial charge in [-0.2, -0.15) is 0 Å². The lowest BCUT2D eigenvalue weighted by Gasteiger charge is -2.29. The maximum Gasteiger partial charge on any atom is 0.305 e. The molecule has 0 N–H and O–H groups in total. The first-order valence-electron chi connectivity index (χ1n) is 6.05. The van der Waals surface area contributed by atoms with Gasteiger partial charge in [0.25, 0.3) is 0 Å². The van der Waals surface area contributed by atoms with Crippen LogP contribution >= 0.6 is 15.9 Å². The van der Waals surface area contributed by atoms with Gasteiger partial charge < -0.3 is 26.2 Å². The summed E-state index contributed by atoms with van der Waals surface area (Å²) < 4.78 is 5.90. The molecule has 0 aliphatic carbocycles. The summed E-state index contributed by atoms with van der Waals surface area (Å²) in [6, 6.07) is 0. The van der Waals surface area contributed by atoms with E-state index in [0.717, 1.165) is 22.8 Å². The van der Waals surface area contributed by atoms with E-state index in [0.29, 0.717) is 13.0 Å². The molecule has 0 aromatic carbocycles. The number of hydrogen-bond acceptors (Lipinski definition) is 2. The smallest absolute Gasteiger partial charge is 0.305 e. The molecule has 0 aliphatic heterocycles. The molecule has 0 rings (SSSR count). The summed E-state index contributed by atoms with van der Waals surface area (Å²) in [5, 5.41) is 1.08. The zero-order valence-corrected chi connectivity index (χ0v) is 14.3. The number of alkyl halides is 1. The fraction of sp³-hybridized carbons (Fsp3) is 0.917. The van der Waals surface area contributed by atoms with Crippen molar-refractivity contribution >= 4 is 21.9 Å². The highest BCUT2D eigenvalue weighted by atomic mass is 79.9. The first kappa shape index (κ1) is 19.7. The number of nitrogens with zero attached hydrogens (tertiary/aromatic N) is 1. The van der Waals surface area contributed by atoms with E-state index in [9.17, 15) is 4.79 Å². The lowest BCUT2D eigenvalue weighted by atomic mass is 10.2. The Morgan fingerprint density at radius 3 is 2.29 bits per heavy atom. The van der Waals surface area contributed by atoms with Gasteiger partial charge in [0, 0.05) is 11.8 Å². The summed E-state index contributed by atoms with van der Waals surface area (Å²) in [5.74, 6) is -0.0667. The van der Waals surface area contributed by atoms with E-state index in [1.807, 2.05) is 6.92 Å². The van der Waals surface area contributed by atoms with Crippen molar-refractivity contribution in [1.29, 1.82) is 0 Å². The van der Waals surface area contributed by atoms with Crippen LogP contribution in [0.5, 0.6) is 0 Å². The molecule has 5 heteroatoms. The molecule has 0 spiro atoms. The zero-order chi connectivity index (χ0) is 12.4. The Bertz CT molecular complexity index is 199. The molecule has 17 heavy (non-hydrogen) atoms. The molecule has 3 nitrogen and oxygen atoms in total. The Morgan fingerprint density at radius 2 is 1.76 bits per heavy atom. The molecular formula is C12H25Br2NO2. The lowest BCUT2D eigenvalue weighted by molar-refractivity contribution is -0.890. The fourth-order valence-corrected chi connectivity index (χ4v) is 2.03. The molecule has 0 unspecified atom stereocenters. The van der Waals surface area contributed by atoms with E-state index >= 15 is 0 Å². The Labute approximate surface area is 124 Å². The molecule has 0 aromatic rings. The summed E-state index contributed by atoms with van der Waals surface area (Å²) in [4.78, 5) is 11.2. The van der Waals surface area contributed by atoms with Crippen LogP contribution in [0.2, 0.25) is 0 Å². The largest absolute Gasteiger partial charge is 1.00 e. The predicted molar refractivity (Wildman–Crippen MR) is 70.7 cm³/mol. The number of esters is 1. The van der Waals surface area contributed by atoms with Crippen molar-refractivity contribution in [3.63, 3.8) is 0 Å². The monoisotopic (exact) mass is 373 g/mol. The van der Waals surface area contributed by atoms with Crippen LogP contribution in [0.1, 0.15) is 32.6 Å². The van der Waals surface area contributed by atoms with Gasteiger partial charge in [0.15, 0.2) is 0 Å². The van der Waals surface area contributed by atoms with Gasteiger partial charge in [0.05, 0.1) is 40.2 Å². The van der Waals surface area contributed by atoms with Gasteiger partial charge in [0.1, 0.15) is 0 Å². The summed E-state index contributed by atoms with van der Waals surface area (Å²) in [7, 11) is 4.44. The van der Waals surface area contributed by atoms with Crippen LogP contribution in [0.25, 0.3) is 0 Å². The SMILES string of the molecule is CCOC(=O)CCC[N+](C)(C)CCCCBr.[Br-]. The molecule has 0 saturated carbocycles. The third-order valence-electron chi connectivity index (χ3n) is 2.60. The normalized spacial score (nSPS) is 10.8. The van der Waals surface area contributed by atoms with E-state index in [1.54, 1.807) is 0 Å². The molecule has 0 amide bonds. The number of ether oxygens (including phenoxy) is 1. The van der Waals surface area contributed by atoms with Gasteiger partial charge in [-0.1, -0.05) is 15.9 Å². The van der Waals surface area contributed by atoms with Crippen molar-refractivity contribution in [2.24, 2.45) is 0 Å². The number of carbonyl (C=O) groups excluding carboxylic acids is 1. The van der Waals surface area contributed by atoms with E-state index in [2.05, 4.69) is 30.0 Å². The molecule has 104 valence electrons. The van der Waals surface area contributed by atoms with Gasteiger partial charge in [-0.05, 0) is 19.8 Å². The fourth-order valence-electron chi connectivity index (χ4n) is 1.63. The lowest BCUT2D eigenvalue weighted by Crippen LogP contribution is -3.00. The first-order chi connectivity index (χ1) is 7.52. The number of rotatable bonds is 9. The molecule has 0 atom stereocenters. The predicted octanol–water partition coefficient (Wildman–Crippen LogP) is -0.415. The minimum Gasteiger partial charge on any atom is -1.00 e. The second kappa shape index (κ2) is 11.5. The maximum atomic E-state index is 11.2. The summed E-state index contributed by atoms with van der Waals surface area (Å²) in [6.45, 7) is 4.55. The van der Waals surface area contributed by atoms with Crippen molar-refractivity contribution in [1.82, 2.24) is 0 Å². The molecule has 0 heterocycles. The molecular weight excluding hydrogens is 350 g/mol. The highest BCUT2D eigenvalue weighted by Crippen LogP contribution is 2.06. The van der Waals surface area contributed by atoms with Crippen LogP contribution in [-0.2, 0) is 9.53 Å². The highest BCUT2D eigenvalue weighted by Gasteiger charge is 2.14. The van der Waals surface area contributed by atoms with Gasteiger partial charge in [0.2, 0.25) is 0 Å². The second-order valence-electron chi connectivity index (χ2n) is 4.69. The van der Waals surface area contributed by atoms with Crippen molar-refractivity contribution < 1.29 is 31.0 Å². The third-order valence-corrected chi connectivity index (χ3v) is 3.16. The van der Waals surface area contributed by atoms with Gasteiger partial charge in [-0.15, -0.1) is 0 Å². The van der Waals surface area contributed by atoms with Crippen molar-refractivity contribution in [3.05, 3.63) is 0 Å². The minimum absolute atomic E-state index is 0. The number of halogens is 2. The average molecular weight is 375 g/mol. The van der Waals surface area contributed by atoms with Crippen LogP contribution in [-0.4, -0.2) is 49.6 Å². The molecule has 0 aliphatic rings. The molecule has 0 fully saturated rings. The number of hydrogen-bond donors (Lipinski definition) is 0. The van der Waals surface area contributed by atoms with Crippen LogP contribution in [0.3, 0.4) is 0 Å². The standard InChI is InChI=1S/C12H25BrNO2.BrH/c1-4-16-12(15)8-7-11-14(2,3)10-6-5-9-13;/h4-11H2,1-3H3;1H/q+1;/p-1. The maximum absolute atomic E-state index is 11.2. The summed E-state index contributed by atoms with van der Waals surface area (Å²) in [5.41, 5.74) is 0. The van der Waals surface area contributed by atoms with E-state index in [4.69, 9.17) is 4.74 Å². The Kier molecular flexibility index (Phi) is 13.3. The number of quaternary nitrogens is 1. The van der Waals surface area contributed by atoms with Gasteiger partial charge in [-0.3, -0.25) is 4.79 Å². The van der Waals surface area contributed by atoms with Crippen molar-refractivity contribution in [2.75, 3.05) is 39.1 Å². The second-order valence-corrected chi connectivity index (χ2v) is 5.48. The van der Waals surface area contributed by atoms with Crippen LogP contribution < -0.4 is 17.0 Å². The quantitative estimate of drug-likeness (QED) is 0.237. The average Bonchev–Trinajstić information content (AvgIpc) is 2.18. The van der Waals surface area contributed by atoms with Gasteiger partial charge in [-0.25, -0.2) is 0 Å². The van der Waals surface area contributed by atoms with E-state index in [1.165, 1.54) is 19.4 Å². The number of carbonyl (C=O) groups is 1. The molecule has 0 saturated heterocycles. The van der Waals surface area contributed by atoms with E-state index < -0.39 is 0 Å². The highest BCUT2D eigenvalue weighted by molar-refractivity contribution is 9.09. The molecule has 0 bridgehead atoms. The topological polar surface area (TPSA) is 26.3 Å². The summed E-state index contributed by atoms with van der Waals surface area (Å²) in [6.07, 6.45) is 3.92. The molecule has 0 aromatic heterocycles. The van der Waals surface area contributed by atoms with Crippen LogP contribution in [0.4, 0.5) is 0 Å². The van der Waals surface area contributed by atoms with Crippen LogP contribution in [0.15, 0.2) is 0 Å². The minimum atomic E-state index is -0.0667. The number of unbranched alkanes of at least 4 members (excludes halogenated alkanes) is 1. The molecule has 0 radical (unpaired) electrons. The first-order valence-corrected chi connectivity index (χ1v) is 7.17. The van der Waals surface area contributed by atoms with E-state index in [-0.39, 0.29) is 23.0 Å². The van der Waals surface area contributed by atoms with Crippen molar-refractivity contribution in [2.45, 2.75) is 32.6 Å². The zero-order valence-electron chi connectivity index (χ0n) is 11.2. The Morgan fingerprint density at radius 1 is 1.18 bits per heavy atom. The Balaban J connectivity index is 0. The third kappa shape index (κ3) is 12.6.